The van der Waals surface area contributed by atoms with Crippen LogP contribution >= 0.6 is 0 Å². The lowest BCUT2D eigenvalue weighted by Crippen LogP contribution is -2.08. The predicted octanol–water partition coefficient (Wildman–Crippen LogP) is 2.90. The Kier molecular flexibility index (Phi) is 4.16. The highest BCUT2D eigenvalue weighted by molar-refractivity contribution is 6.03. The molecule has 0 aliphatic rings. The topological polar surface area (TPSA) is 59.8 Å². The van der Waals surface area contributed by atoms with E-state index in [2.05, 4.69) is 27.5 Å². The van der Waals surface area contributed by atoms with Gasteiger partial charge in [-0.05, 0) is 37.1 Å². The molecule has 112 valence electrons. The number of anilines is 1. The fourth-order valence-corrected chi connectivity index (χ4v) is 2.19. The first kappa shape index (κ1) is 14.5. The first-order chi connectivity index (χ1) is 11.3. The van der Waals surface area contributed by atoms with E-state index in [-0.39, 0.29) is 5.91 Å². The second kappa shape index (κ2) is 6.58. The van der Waals surface area contributed by atoms with E-state index in [1.54, 1.807) is 29.9 Å². The minimum atomic E-state index is -0.328. The van der Waals surface area contributed by atoms with Crippen LogP contribution in [0.1, 0.15) is 6.92 Å². The average Bonchev–Trinajstić information content (AvgIpc) is 3.06. The molecule has 0 saturated carbocycles. The summed E-state index contributed by atoms with van der Waals surface area (Å²) < 4.78 is 1.76. The summed E-state index contributed by atoms with van der Waals surface area (Å²) in [6.45, 7) is 1.62. The standard InChI is InChI=1S/C18H14N4O/c1-2-6-18(23)20-15-9-11-16(12-10-15)22-17(13-19-21-22)14-7-4-3-5-8-14/h3-5,7-13H,1H3,(H,20,23). The first-order valence-electron chi connectivity index (χ1n) is 7.08. The fraction of sp³-hybridized carbons (Fsp3) is 0.0556. The van der Waals surface area contributed by atoms with Gasteiger partial charge in [0.05, 0.1) is 17.6 Å². The van der Waals surface area contributed by atoms with Crippen LogP contribution in [-0.4, -0.2) is 20.9 Å². The Balaban J connectivity index is 1.87. The third-order valence-electron chi connectivity index (χ3n) is 3.23. The van der Waals surface area contributed by atoms with Crippen molar-refractivity contribution >= 4 is 11.6 Å². The molecule has 0 radical (unpaired) electrons. The highest BCUT2D eigenvalue weighted by atomic mass is 16.1. The maximum atomic E-state index is 11.5. The molecule has 0 saturated heterocycles. The number of amides is 1. The van der Waals surface area contributed by atoms with Gasteiger partial charge in [0.1, 0.15) is 0 Å². The van der Waals surface area contributed by atoms with Crippen LogP contribution in [0.2, 0.25) is 0 Å². The van der Waals surface area contributed by atoms with E-state index >= 15 is 0 Å². The van der Waals surface area contributed by atoms with E-state index in [0.717, 1.165) is 16.9 Å². The third-order valence-corrected chi connectivity index (χ3v) is 3.23. The number of carbonyl (C=O) groups is 1. The third kappa shape index (κ3) is 3.27. The molecular formula is C18H14N4O. The van der Waals surface area contributed by atoms with Crippen molar-refractivity contribution in [1.29, 1.82) is 0 Å². The Bertz CT molecular complexity index is 871. The molecule has 0 bridgehead atoms. The van der Waals surface area contributed by atoms with Crippen LogP contribution in [0, 0.1) is 11.8 Å². The Morgan fingerprint density at radius 3 is 2.52 bits per heavy atom. The number of nitrogens with one attached hydrogen (secondary N) is 1. The van der Waals surface area contributed by atoms with Crippen molar-refractivity contribution in [3.63, 3.8) is 0 Å². The van der Waals surface area contributed by atoms with Gasteiger partial charge in [-0.15, -0.1) is 5.10 Å². The molecule has 0 fully saturated rings. The highest BCUT2D eigenvalue weighted by Gasteiger charge is 2.08. The molecule has 0 spiro atoms. The Hall–Kier alpha value is -3.39. The normalized spacial score (nSPS) is 9.78. The molecule has 2 aromatic carbocycles. The molecule has 1 heterocycles. The van der Waals surface area contributed by atoms with Gasteiger partial charge in [-0.3, -0.25) is 4.79 Å². The van der Waals surface area contributed by atoms with Gasteiger partial charge in [0.2, 0.25) is 0 Å². The van der Waals surface area contributed by atoms with Gasteiger partial charge < -0.3 is 5.32 Å². The molecule has 0 aliphatic heterocycles. The molecule has 0 atom stereocenters. The molecule has 23 heavy (non-hydrogen) atoms. The monoisotopic (exact) mass is 302 g/mol. The van der Waals surface area contributed by atoms with Crippen molar-refractivity contribution < 1.29 is 4.79 Å². The quantitative estimate of drug-likeness (QED) is 0.757. The number of carbonyl (C=O) groups excluding carboxylic acids is 1. The number of benzene rings is 2. The highest BCUT2D eigenvalue weighted by Crippen LogP contribution is 2.21. The molecule has 1 N–H and O–H groups in total. The van der Waals surface area contributed by atoms with Gasteiger partial charge in [0.15, 0.2) is 0 Å². The van der Waals surface area contributed by atoms with Crippen molar-refractivity contribution in [3.8, 4) is 28.8 Å². The second-order valence-electron chi connectivity index (χ2n) is 4.77. The zero-order valence-corrected chi connectivity index (χ0v) is 12.5. The van der Waals surface area contributed by atoms with E-state index in [1.165, 1.54) is 0 Å². The summed E-state index contributed by atoms with van der Waals surface area (Å²) in [6.07, 6.45) is 1.72. The number of nitrogens with zero attached hydrogens (tertiary/aromatic N) is 3. The zero-order valence-electron chi connectivity index (χ0n) is 12.5. The van der Waals surface area contributed by atoms with Gasteiger partial charge in [0.25, 0.3) is 5.91 Å². The van der Waals surface area contributed by atoms with Crippen molar-refractivity contribution in [2.75, 3.05) is 5.32 Å². The lowest BCUT2D eigenvalue weighted by molar-refractivity contribution is -0.111. The molecule has 5 nitrogen and oxygen atoms in total. The SMILES string of the molecule is CC#CC(=O)Nc1ccc(-n2nncc2-c2ccccc2)cc1. The van der Waals surface area contributed by atoms with Crippen molar-refractivity contribution in [3.05, 3.63) is 60.8 Å². The van der Waals surface area contributed by atoms with E-state index in [4.69, 9.17) is 0 Å². The van der Waals surface area contributed by atoms with Crippen LogP contribution in [0.25, 0.3) is 16.9 Å². The summed E-state index contributed by atoms with van der Waals surface area (Å²) >= 11 is 0. The Morgan fingerprint density at radius 2 is 1.83 bits per heavy atom. The molecule has 3 aromatic rings. The number of hydrogen-bond donors (Lipinski definition) is 1. The minimum absolute atomic E-state index is 0.328. The maximum Gasteiger partial charge on any atom is 0.300 e. The summed E-state index contributed by atoms with van der Waals surface area (Å²) in [5, 5.41) is 10.8. The smallest absolute Gasteiger partial charge is 0.300 e. The van der Waals surface area contributed by atoms with Crippen LogP contribution in [-0.2, 0) is 4.79 Å². The molecule has 5 heteroatoms. The first-order valence-corrected chi connectivity index (χ1v) is 7.08. The number of hydrogen-bond acceptors (Lipinski definition) is 3. The van der Waals surface area contributed by atoms with Crippen LogP contribution in [0.5, 0.6) is 0 Å². The van der Waals surface area contributed by atoms with Crippen molar-refractivity contribution in [1.82, 2.24) is 15.0 Å². The minimum Gasteiger partial charge on any atom is -0.315 e. The summed E-state index contributed by atoms with van der Waals surface area (Å²) in [4.78, 5) is 11.5. The maximum absolute atomic E-state index is 11.5. The zero-order chi connectivity index (χ0) is 16.1. The fourth-order valence-electron chi connectivity index (χ4n) is 2.19. The van der Waals surface area contributed by atoms with Gasteiger partial charge in [-0.2, -0.15) is 0 Å². The van der Waals surface area contributed by atoms with Crippen molar-refractivity contribution in [2.45, 2.75) is 6.92 Å². The van der Waals surface area contributed by atoms with Crippen LogP contribution in [0.3, 0.4) is 0 Å². The molecule has 0 unspecified atom stereocenters. The molecule has 0 aliphatic carbocycles. The van der Waals surface area contributed by atoms with E-state index in [0.29, 0.717) is 5.69 Å². The van der Waals surface area contributed by atoms with Gasteiger partial charge in [-0.1, -0.05) is 41.5 Å². The summed E-state index contributed by atoms with van der Waals surface area (Å²) in [5.74, 6) is 4.67. The van der Waals surface area contributed by atoms with Gasteiger partial charge in [0, 0.05) is 11.3 Å². The second-order valence-corrected chi connectivity index (χ2v) is 4.77. The number of rotatable bonds is 3. The molecule has 3 rings (SSSR count). The van der Waals surface area contributed by atoms with Crippen LogP contribution in [0.4, 0.5) is 5.69 Å². The van der Waals surface area contributed by atoms with Crippen molar-refractivity contribution in [2.24, 2.45) is 0 Å². The summed E-state index contributed by atoms with van der Waals surface area (Å²) in [6, 6.07) is 17.3. The summed E-state index contributed by atoms with van der Waals surface area (Å²) in [5.41, 5.74) is 3.48. The van der Waals surface area contributed by atoms with Crippen LogP contribution < -0.4 is 5.32 Å². The lowest BCUT2D eigenvalue weighted by Gasteiger charge is -2.07. The van der Waals surface area contributed by atoms with Crippen LogP contribution in [0.15, 0.2) is 60.8 Å². The average molecular weight is 302 g/mol. The van der Waals surface area contributed by atoms with E-state index < -0.39 is 0 Å². The predicted molar refractivity (Wildman–Crippen MR) is 88.9 cm³/mol. The largest absolute Gasteiger partial charge is 0.315 e. The molecule has 1 amide bonds. The molecular weight excluding hydrogens is 288 g/mol. The lowest BCUT2D eigenvalue weighted by atomic mass is 10.1. The van der Waals surface area contributed by atoms with E-state index in [9.17, 15) is 4.79 Å². The molecule has 1 aromatic heterocycles. The van der Waals surface area contributed by atoms with Gasteiger partial charge in [-0.25, -0.2) is 4.68 Å². The van der Waals surface area contributed by atoms with Gasteiger partial charge >= 0.3 is 0 Å². The Labute approximate surface area is 134 Å². The summed E-state index contributed by atoms with van der Waals surface area (Å²) in [7, 11) is 0. The Morgan fingerprint density at radius 1 is 1.09 bits per heavy atom. The number of aromatic nitrogens is 3. The van der Waals surface area contributed by atoms with E-state index in [1.807, 2.05) is 42.5 Å².